The molecular formula is C23H28FN3O4S. The molecule has 1 fully saturated rings. The largest absolute Gasteiger partial charge is 0.348 e. The summed E-state index contributed by atoms with van der Waals surface area (Å²) in [6.07, 6.45) is 2.67. The Morgan fingerprint density at radius 3 is 2.50 bits per heavy atom. The number of hydrogen-bond donors (Lipinski definition) is 2. The van der Waals surface area contributed by atoms with E-state index >= 15 is 0 Å². The molecule has 2 aromatic carbocycles. The molecule has 9 heteroatoms. The molecule has 32 heavy (non-hydrogen) atoms. The van der Waals surface area contributed by atoms with Crippen LogP contribution in [0, 0.1) is 12.7 Å². The van der Waals surface area contributed by atoms with Crippen molar-refractivity contribution in [3.05, 3.63) is 65.5 Å². The van der Waals surface area contributed by atoms with E-state index in [1.165, 1.54) is 23.4 Å². The highest BCUT2D eigenvalue weighted by Gasteiger charge is 2.33. The van der Waals surface area contributed by atoms with Crippen molar-refractivity contribution in [3.63, 3.8) is 0 Å². The van der Waals surface area contributed by atoms with Crippen molar-refractivity contribution < 1.29 is 22.4 Å². The number of halogens is 1. The fourth-order valence-corrected chi connectivity index (χ4v) is 5.59. The summed E-state index contributed by atoms with van der Waals surface area (Å²) in [5, 5.41) is 5.14. The normalized spacial score (nSPS) is 17.0. The van der Waals surface area contributed by atoms with Crippen molar-refractivity contribution >= 4 is 21.8 Å². The number of rotatable bonds is 7. The van der Waals surface area contributed by atoms with Gasteiger partial charge in [-0.3, -0.25) is 9.59 Å². The average molecular weight is 462 g/mol. The number of aryl methyl sites for hydroxylation is 1. The zero-order valence-corrected chi connectivity index (χ0v) is 18.8. The van der Waals surface area contributed by atoms with Crippen LogP contribution in [0.5, 0.6) is 0 Å². The van der Waals surface area contributed by atoms with E-state index < -0.39 is 27.7 Å². The maximum absolute atomic E-state index is 13.6. The molecular weight excluding hydrogens is 433 g/mol. The summed E-state index contributed by atoms with van der Waals surface area (Å²) in [6, 6.07) is 12.7. The molecule has 0 aromatic heterocycles. The van der Waals surface area contributed by atoms with Crippen molar-refractivity contribution in [1.82, 2.24) is 14.9 Å². The van der Waals surface area contributed by atoms with Crippen molar-refractivity contribution in [1.29, 1.82) is 0 Å². The highest BCUT2D eigenvalue weighted by atomic mass is 32.2. The Bertz CT molecular complexity index is 1060. The lowest BCUT2D eigenvalue weighted by Crippen LogP contribution is -2.46. The zero-order chi connectivity index (χ0) is 23.1. The SMILES string of the molecule is Cc1cc(S(=O)(=O)N2CCCC[C@H]2CCNC(=O)C(=O)NCc2ccccc2)ccc1F. The van der Waals surface area contributed by atoms with Gasteiger partial charge in [0.2, 0.25) is 10.0 Å². The highest BCUT2D eigenvalue weighted by Crippen LogP contribution is 2.27. The third-order valence-electron chi connectivity index (χ3n) is 5.57. The number of carbonyl (C=O) groups excluding carboxylic acids is 2. The number of nitrogens with zero attached hydrogens (tertiary/aromatic N) is 1. The van der Waals surface area contributed by atoms with Gasteiger partial charge in [0, 0.05) is 25.7 Å². The van der Waals surface area contributed by atoms with E-state index in [1.807, 2.05) is 30.3 Å². The van der Waals surface area contributed by atoms with Crippen molar-refractivity contribution in [2.24, 2.45) is 0 Å². The molecule has 2 N–H and O–H groups in total. The van der Waals surface area contributed by atoms with Gasteiger partial charge in [0.25, 0.3) is 0 Å². The van der Waals surface area contributed by atoms with Gasteiger partial charge in [-0.25, -0.2) is 12.8 Å². The monoisotopic (exact) mass is 461 g/mol. The fraction of sp³-hybridized carbons (Fsp3) is 0.391. The maximum atomic E-state index is 13.6. The second-order valence-electron chi connectivity index (χ2n) is 7.89. The summed E-state index contributed by atoms with van der Waals surface area (Å²) >= 11 is 0. The van der Waals surface area contributed by atoms with Crippen LogP contribution in [0.2, 0.25) is 0 Å². The van der Waals surface area contributed by atoms with Crippen LogP contribution in [-0.4, -0.2) is 43.7 Å². The minimum Gasteiger partial charge on any atom is -0.348 e. The predicted molar refractivity (Wildman–Crippen MR) is 119 cm³/mol. The Morgan fingerprint density at radius 2 is 1.78 bits per heavy atom. The lowest BCUT2D eigenvalue weighted by molar-refractivity contribution is -0.139. The van der Waals surface area contributed by atoms with Crippen molar-refractivity contribution in [2.45, 2.75) is 50.1 Å². The molecule has 0 spiro atoms. The van der Waals surface area contributed by atoms with Gasteiger partial charge in [0.1, 0.15) is 5.82 Å². The van der Waals surface area contributed by atoms with Crippen LogP contribution < -0.4 is 10.6 Å². The third kappa shape index (κ3) is 5.92. The summed E-state index contributed by atoms with van der Waals surface area (Å²) in [7, 11) is -3.78. The zero-order valence-electron chi connectivity index (χ0n) is 18.0. The molecule has 2 amide bonds. The van der Waals surface area contributed by atoms with Crippen LogP contribution in [-0.2, 0) is 26.2 Å². The first kappa shape index (κ1) is 23.9. The van der Waals surface area contributed by atoms with E-state index in [2.05, 4.69) is 10.6 Å². The summed E-state index contributed by atoms with van der Waals surface area (Å²) in [5.41, 5.74) is 1.15. The van der Waals surface area contributed by atoms with Gasteiger partial charge < -0.3 is 10.6 Å². The van der Waals surface area contributed by atoms with E-state index in [4.69, 9.17) is 0 Å². The number of nitrogens with one attached hydrogen (secondary N) is 2. The number of sulfonamides is 1. The van der Waals surface area contributed by atoms with Crippen molar-refractivity contribution in [3.8, 4) is 0 Å². The van der Waals surface area contributed by atoms with E-state index in [-0.39, 0.29) is 29.6 Å². The Kier molecular flexibility index (Phi) is 7.98. The van der Waals surface area contributed by atoms with Crippen LogP contribution in [0.25, 0.3) is 0 Å². The van der Waals surface area contributed by atoms with E-state index in [9.17, 15) is 22.4 Å². The lowest BCUT2D eigenvalue weighted by atomic mass is 10.0. The number of amides is 2. The van der Waals surface area contributed by atoms with Gasteiger partial charge in [-0.05, 0) is 55.5 Å². The van der Waals surface area contributed by atoms with Crippen LogP contribution in [0.4, 0.5) is 4.39 Å². The standard InChI is InChI=1S/C23H28FN3O4S/c1-17-15-20(10-11-21(17)24)32(30,31)27-14-6-5-9-19(27)12-13-25-22(28)23(29)26-16-18-7-3-2-4-8-18/h2-4,7-8,10-11,15,19H,5-6,9,12-14,16H2,1H3,(H,25,28)(H,26,29)/t19-/m0/s1. The Balaban J connectivity index is 1.55. The Labute approximate surface area is 188 Å². The predicted octanol–water partition coefficient (Wildman–Crippen LogP) is 2.50. The molecule has 1 atom stereocenters. The number of benzene rings is 2. The Hall–Kier alpha value is -2.78. The molecule has 1 aliphatic rings. The molecule has 172 valence electrons. The second-order valence-corrected chi connectivity index (χ2v) is 9.78. The first-order chi connectivity index (χ1) is 15.3. The first-order valence-electron chi connectivity index (χ1n) is 10.7. The van der Waals surface area contributed by atoms with Crippen LogP contribution in [0.1, 0.15) is 36.8 Å². The smallest absolute Gasteiger partial charge is 0.309 e. The van der Waals surface area contributed by atoms with Gasteiger partial charge in [-0.15, -0.1) is 0 Å². The molecule has 0 radical (unpaired) electrons. The van der Waals surface area contributed by atoms with Gasteiger partial charge >= 0.3 is 11.8 Å². The van der Waals surface area contributed by atoms with Gasteiger partial charge in [0.05, 0.1) is 4.90 Å². The quantitative estimate of drug-likeness (QED) is 0.620. The van der Waals surface area contributed by atoms with E-state index in [0.29, 0.717) is 19.4 Å². The molecule has 1 saturated heterocycles. The van der Waals surface area contributed by atoms with Crippen LogP contribution >= 0.6 is 0 Å². The second kappa shape index (κ2) is 10.7. The summed E-state index contributed by atoms with van der Waals surface area (Å²) in [4.78, 5) is 24.2. The third-order valence-corrected chi connectivity index (χ3v) is 7.52. The molecule has 0 aliphatic carbocycles. The maximum Gasteiger partial charge on any atom is 0.309 e. The molecule has 0 unspecified atom stereocenters. The molecule has 3 rings (SSSR count). The molecule has 1 heterocycles. The topological polar surface area (TPSA) is 95.6 Å². The fourth-order valence-electron chi connectivity index (χ4n) is 3.78. The molecule has 0 bridgehead atoms. The number of carbonyl (C=O) groups is 2. The molecule has 1 aliphatic heterocycles. The minimum atomic E-state index is -3.78. The molecule has 0 saturated carbocycles. The van der Waals surface area contributed by atoms with E-state index in [1.54, 1.807) is 0 Å². The summed E-state index contributed by atoms with van der Waals surface area (Å²) < 4.78 is 41.3. The average Bonchev–Trinajstić information content (AvgIpc) is 2.80. The Morgan fingerprint density at radius 1 is 1.06 bits per heavy atom. The number of piperidine rings is 1. The van der Waals surface area contributed by atoms with E-state index in [0.717, 1.165) is 24.5 Å². The molecule has 2 aromatic rings. The highest BCUT2D eigenvalue weighted by molar-refractivity contribution is 7.89. The van der Waals surface area contributed by atoms with Crippen molar-refractivity contribution in [2.75, 3.05) is 13.1 Å². The van der Waals surface area contributed by atoms with Gasteiger partial charge in [-0.1, -0.05) is 36.8 Å². The van der Waals surface area contributed by atoms with Crippen LogP contribution in [0.15, 0.2) is 53.4 Å². The van der Waals surface area contributed by atoms with Crippen LogP contribution in [0.3, 0.4) is 0 Å². The minimum absolute atomic E-state index is 0.0626. The van der Waals surface area contributed by atoms with Gasteiger partial charge in [0.15, 0.2) is 0 Å². The first-order valence-corrected chi connectivity index (χ1v) is 12.1. The number of hydrogen-bond acceptors (Lipinski definition) is 4. The van der Waals surface area contributed by atoms with Gasteiger partial charge in [-0.2, -0.15) is 4.31 Å². The lowest BCUT2D eigenvalue weighted by Gasteiger charge is -2.34. The molecule has 7 nitrogen and oxygen atoms in total. The summed E-state index contributed by atoms with van der Waals surface area (Å²) in [6.45, 7) is 2.32. The summed E-state index contributed by atoms with van der Waals surface area (Å²) in [5.74, 6) is -1.93.